The largest absolute Gasteiger partial charge is 0.378 e. The Kier molecular flexibility index (Phi) is 4.62. The van der Waals surface area contributed by atoms with Crippen LogP contribution < -0.4 is 0 Å². The lowest BCUT2D eigenvalue weighted by Crippen LogP contribution is -2.55. The van der Waals surface area contributed by atoms with E-state index < -0.39 is 11.8 Å². The van der Waals surface area contributed by atoms with Crippen molar-refractivity contribution >= 4 is 17.7 Å². The summed E-state index contributed by atoms with van der Waals surface area (Å²) in [4.78, 5) is 42.0. The molecule has 0 unspecified atom stereocenters. The molecule has 4 rings (SSSR count). The van der Waals surface area contributed by atoms with Gasteiger partial charge in [0.25, 0.3) is 5.91 Å². The molecule has 3 aliphatic rings. The van der Waals surface area contributed by atoms with E-state index in [1.807, 2.05) is 6.07 Å². The predicted octanol–water partition coefficient (Wildman–Crippen LogP) is -0.570. The maximum absolute atomic E-state index is 12.6. The van der Waals surface area contributed by atoms with Gasteiger partial charge in [0.05, 0.1) is 13.2 Å². The lowest BCUT2D eigenvalue weighted by molar-refractivity contribution is -0.154. The van der Waals surface area contributed by atoms with E-state index in [1.165, 1.54) is 9.80 Å². The van der Waals surface area contributed by atoms with Gasteiger partial charge in [-0.3, -0.25) is 19.5 Å². The highest BCUT2D eigenvalue weighted by atomic mass is 16.5. The fourth-order valence-electron chi connectivity index (χ4n) is 3.36. The number of rotatable bonds is 2. The Labute approximate surface area is 151 Å². The number of hydrogen-bond donors (Lipinski definition) is 1. The van der Waals surface area contributed by atoms with Crippen molar-refractivity contribution in [2.45, 2.75) is 18.8 Å². The Bertz CT molecular complexity index is 700. The molecule has 0 atom stereocenters. The molecule has 26 heavy (non-hydrogen) atoms. The summed E-state index contributed by atoms with van der Waals surface area (Å²) in [5.41, 5.74) is 1.45. The number of nitrogens with zero attached hydrogens (tertiary/aromatic N) is 4. The van der Waals surface area contributed by atoms with E-state index in [0.29, 0.717) is 64.1 Å². The number of morpholine rings is 1. The van der Waals surface area contributed by atoms with Crippen molar-refractivity contribution in [2.24, 2.45) is 0 Å². The maximum atomic E-state index is 12.6. The Hall–Kier alpha value is -2.42. The first-order valence-electron chi connectivity index (χ1n) is 9.14. The van der Waals surface area contributed by atoms with Gasteiger partial charge in [-0.25, -0.2) is 0 Å². The minimum Gasteiger partial charge on any atom is -0.378 e. The molecule has 1 aliphatic carbocycles. The summed E-state index contributed by atoms with van der Waals surface area (Å²) in [6, 6.07) is 1.83. The molecule has 9 heteroatoms. The summed E-state index contributed by atoms with van der Waals surface area (Å²) < 4.78 is 5.21. The molecule has 3 heterocycles. The topological polar surface area (TPSA) is 98.8 Å². The second-order valence-electron chi connectivity index (χ2n) is 6.97. The van der Waals surface area contributed by atoms with Gasteiger partial charge in [0, 0.05) is 50.9 Å². The summed E-state index contributed by atoms with van der Waals surface area (Å²) in [6.45, 7) is 3.37. The van der Waals surface area contributed by atoms with Gasteiger partial charge in [-0.05, 0) is 18.9 Å². The molecule has 0 spiro atoms. The van der Waals surface area contributed by atoms with Crippen molar-refractivity contribution in [3.05, 3.63) is 17.5 Å². The second-order valence-corrected chi connectivity index (χ2v) is 6.97. The van der Waals surface area contributed by atoms with E-state index in [0.717, 1.165) is 18.5 Å². The normalized spacial score (nSPS) is 21.0. The molecular formula is C17H23N5O4. The molecule has 1 aromatic rings. The highest BCUT2D eigenvalue weighted by molar-refractivity contribution is 6.34. The Morgan fingerprint density at radius 2 is 1.50 bits per heavy atom. The van der Waals surface area contributed by atoms with Crippen LogP contribution in [0.15, 0.2) is 6.07 Å². The SMILES string of the molecule is O=C(C(=O)N1CCN(C(=O)c2cc(C3CC3)[nH]n2)CC1)N1CCOCC1. The predicted molar refractivity (Wildman–Crippen MR) is 90.4 cm³/mol. The van der Waals surface area contributed by atoms with E-state index in [2.05, 4.69) is 10.2 Å². The summed E-state index contributed by atoms with van der Waals surface area (Å²) in [7, 11) is 0. The van der Waals surface area contributed by atoms with Crippen LogP contribution >= 0.6 is 0 Å². The van der Waals surface area contributed by atoms with Gasteiger partial charge in [-0.15, -0.1) is 0 Å². The average molecular weight is 361 g/mol. The van der Waals surface area contributed by atoms with Gasteiger partial charge in [0.2, 0.25) is 0 Å². The van der Waals surface area contributed by atoms with E-state index >= 15 is 0 Å². The fourth-order valence-corrected chi connectivity index (χ4v) is 3.36. The monoisotopic (exact) mass is 361 g/mol. The number of H-pyrrole nitrogens is 1. The molecule has 2 saturated heterocycles. The van der Waals surface area contributed by atoms with Crippen molar-refractivity contribution in [1.82, 2.24) is 24.9 Å². The van der Waals surface area contributed by atoms with Gasteiger partial charge in [0.15, 0.2) is 0 Å². The van der Waals surface area contributed by atoms with Gasteiger partial charge >= 0.3 is 11.8 Å². The molecular weight excluding hydrogens is 338 g/mol. The van der Waals surface area contributed by atoms with Crippen LogP contribution in [0.4, 0.5) is 0 Å². The molecule has 3 fully saturated rings. The number of carbonyl (C=O) groups excluding carboxylic acids is 3. The minimum absolute atomic E-state index is 0.125. The van der Waals surface area contributed by atoms with Crippen molar-refractivity contribution in [2.75, 3.05) is 52.5 Å². The van der Waals surface area contributed by atoms with Crippen LogP contribution in [-0.4, -0.2) is 95.1 Å². The number of carbonyl (C=O) groups is 3. The van der Waals surface area contributed by atoms with Gasteiger partial charge < -0.3 is 19.4 Å². The molecule has 1 saturated carbocycles. The Morgan fingerprint density at radius 3 is 2.12 bits per heavy atom. The van der Waals surface area contributed by atoms with Crippen LogP contribution in [0.5, 0.6) is 0 Å². The van der Waals surface area contributed by atoms with E-state index in [1.54, 1.807) is 4.90 Å². The van der Waals surface area contributed by atoms with Crippen molar-refractivity contribution in [3.8, 4) is 0 Å². The van der Waals surface area contributed by atoms with Crippen LogP contribution in [-0.2, 0) is 14.3 Å². The molecule has 0 radical (unpaired) electrons. The zero-order valence-electron chi connectivity index (χ0n) is 14.6. The minimum atomic E-state index is -0.491. The Balaban J connectivity index is 1.30. The molecule has 140 valence electrons. The smallest absolute Gasteiger partial charge is 0.312 e. The summed E-state index contributed by atoms with van der Waals surface area (Å²) in [5.74, 6) is -0.575. The molecule has 1 N–H and O–H groups in total. The van der Waals surface area contributed by atoms with Gasteiger partial charge in [0.1, 0.15) is 5.69 Å². The lowest BCUT2D eigenvalue weighted by atomic mass is 10.2. The van der Waals surface area contributed by atoms with Crippen LogP contribution in [0.25, 0.3) is 0 Å². The van der Waals surface area contributed by atoms with Gasteiger partial charge in [-0.1, -0.05) is 0 Å². The van der Waals surface area contributed by atoms with Crippen molar-refractivity contribution in [1.29, 1.82) is 0 Å². The number of aromatic amines is 1. The Morgan fingerprint density at radius 1 is 0.923 bits per heavy atom. The number of ether oxygens (including phenoxy) is 1. The first-order valence-corrected chi connectivity index (χ1v) is 9.14. The number of nitrogens with one attached hydrogen (secondary N) is 1. The molecule has 9 nitrogen and oxygen atoms in total. The highest BCUT2D eigenvalue weighted by Gasteiger charge is 2.32. The first kappa shape index (κ1) is 17.0. The number of amides is 3. The van der Waals surface area contributed by atoms with Crippen LogP contribution in [0.1, 0.15) is 34.9 Å². The molecule has 0 bridgehead atoms. The zero-order valence-corrected chi connectivity index (χ0v) is 14.6. The van der Waals surface area contributed by atoms with Gasteiger partial charge in [-0.2, -0.15) is 5.10 Å². The van der Waals surface area contributed by atoms with E-state index in [-0.39, 0.29) is 5.91 Å². The second kappa shape index (κ2) is 7.06. The van der Waals surface area contributed by atoms with Crippen LogP contribution in [0, 0.1) is 0 Å². The summed E-state index contributed by atoms with van der Waals surface area (Å²) in [5, 5.41) is 7.07. The summed E-state index contributed by atoms with van der Waals surface area (Å²) >= 11 is 0. The molecule has 0 aromatic carbocycles. The third-order valence-corrected chi connectivity index (χ3v) is 5.17. The first-order chi connectivity index (χ1) is 12.6. The molecule has 3 amide bonds. The third kappa shape index (κ3) is 3.44. The highest BCUT2D eigenvalue weighted by Crippen LogP contribution is 2.39. The van der Waals surface area contributed by atoms with Crippen LogP contribution in [0.3, 0.4) is 0 Å². The van der Waals surface area contributed by atoms with Crippen LogP contribution in [0.2, 0.25) is 0 Å². The number of hydrogen-bond acceptors (Lipinski definition) is 5. The van der Waals surface area contributed by atoms with E-state index in [4.69, 9.17) is 4.74 Å². The molecule has 1 aromatic heterocycles. The number of piperazine rings is 1. The quantitative estimate of drug-likeness (QED) is 0.712. The van der Waals surface area contributed by atoms with E-state index in [9.17, 15) is 14.4 Å². The maximum Gasteiger partial charge on any atom is 0.312 e. The van der Waals surface area contributed by atoms with Crippen molar-refractivity contribution < 1.29 is 19.1 Å². The lowest BCUT2D eigenvalue weighted by Gasteiger charge is -2.35. The van der Waals surface area contributed by atoms with Crippen molar-refractivity contribution in [3.63, 3.8) is 0 Å². The fraction of sp³-hybridized carbons (Fsp3) is 0.647. The number of aromatic nitrogens is 2. The third-order valence-electron chi connectivity index (χ3n) is 5.17. The summed E-state index contributed by atoms with van der Waals surface area (Å²) in [6.07, 6.45) is 2.29. The average Bonchev–Trinajstić information content (AvgIpc) is 3.44. The molecule has 2 aliphatic heterocycles. The standard InChI is InChI=1S/C17H23N5O4/c23-15(14-11-13(18-19-14)12-1-2-12)20-3-5-21(6-4-20)16(24)17(25)22-7-9-26-10-8-22/h11-12H,1-10H2,(H,18,19). The zero-order chi connectivity index (χ0) is 18.1.